The Balaban J connectivity index is 1.83. The van der Waals surface area contributed by atoms with E-state index in [-0.39, 0.29) is 12.5 Å². The second kappa shape index (κ2) is 8.15. The van der Waals surface area contributed by atoms with Gasteiger partial charge < -0.3 is 15.6 Å². The zero-order chi connectivity index (χ0) is 15.1. The Hall–Kier alpha value is -1.39. The Bertz CT molecular complexity index is 427. The molecule has 0 saturated heterocycles. The normalized spacial score (nSPS) is 19.5. The molecule has 4 heteroatoms. The highest BCUT2D eigenvalue weighted by Crippen LogP contribution is 2.26. The van der Waals surface area contributed by atoms with E-state index >= 15 is 0 Å². The van der Waals surface area contributed by atoms with Crippen molar-refractivity contribution in [1.29, 1.82) is 0 Å². The summed E-state index contributed by atoms with van der Waals surface area (Å²) in [6.45, 7) is 0.175. The van der Waals surface area contributed by atoms with Gasteiger partial charge in [-0.2, -0.15) is 0 Å². The third kappa shape index (κ3) is 4.83. The molecule has 4 nitrogen and oxygen atoms in total. The number of carbonyl (C=O) groups excluding carboxylic acids is 1. The summed E-state index contributed by atoms with van der Waals surface area (Å²) in [6, 6.07) is 8.91. The highest BCUT2D eigenvalue weighted by Gasteiger charge is 2.31. The Morgan fingerprint density at radius 1 is 1.19 bits per heavy atom. The predicted octanol–water partition coefficient (Wildman–Crippen LogP) is 2.39. The number of benzene rings is 1. The first-order valence-electron chi connectivity index (χ1n) is 7.82. The highest BCUT2D eigenvalue weighted by molar-refractivity contribution is 5.75. The third-order valence-electron chi connectivity index (χ3n) is 4.27. The molecule has 1 aliphatic carbocycles. The van der Waals surface area contributed by atoms with Crippen molar-refractivity contribution >= 4 is 5.97 Å². The number of aliphatic hydroxyl groups excluding tert-OH is 1. The van der Waals surface area contributed by atoms with Crippen LogP contribution in [0.3, 0.4) is 0 Å². The summed E-state index contributed by atoms with van der Waals surface area (Å²) >= 11 is 0. The van der Waals surface area contributed by atoms with Crippen molar-refractivity contribution in [2.45, 2.75) is 57.3 Å². The first-order chi connectivity index (χ1) is 10.2. The molecule has 116 valence electrons. The van der Waals surface area contributed by atoms with Crippen molar-refractivity contribution in [2.75, 3.05) is 0 Å². The first-order valence-corrected chi connectivity index (χ1v) is 7.82. The zero-order valence-electron chi connectivity index (χ0n) is 12.4. The smallest absolute Gasteiger partial charge is 0.336 e. The SMILES string of the molecule is N[C@H](C1CCCCCC1)[C@H](O)C(=O)OCc1ccccc1. The number of hydrogen-bond donors (Lipinski definition) is 2. The van der Waals surface area contributed by atoms with Crippen molar-refractivity contribution < 1.29 is 14.6 Å². The molecule has 0 amide bonds. The Labute approximate surface area is 126 Å². The van der Waals surface area contributed by atoms with Gasteiger partial charge in [0.1, 0.15) is 6.61 Å². The standard InChI is InChI=1S/C17H25NO3/c18-15(14-10-6-1-2-7-11-14)16(19)17(20)21-12-13-8-4-3-5-9-13/h3-5,8-9,14-16,19H,1-2,6-7,10-12,18H2/t15-,16+/m1/s1. The van der Waals surface area contributed by atoms with Gasteiger partial charge >= 0.3 is 5.97 Å². The lowest BCUT2D eigenvalue weighted by Crippen LogP contribution is -2.46. The van der Waals surface area contributed by atoms with Gasteiger partial charge in [0.05, 0.1) is 0 Å². The van der Waals surface area contributed by atoms with Crippen LogP contribution in [-0.2, 0) is 16.1 Å². The minimum Gasteiger partial charge on any atom is -0.459 e. The molecule has 1 fully saturated rings. The summed E-state index contributed by atoms with van der Waals surface area (Å²) in [5.41, 5.74) is 6.98. The molecule has 2 atom stereocenters. The maximum absolute atomic E-state index is 11.9. The van der Waals surface area contributed by atoms with Crippen molar-refractivity contribution in [3.63, 3.8) is 0 Å². The second-order valence-corrected chi connectivity index (χ2v) is 5.87. The fourth-order valence-corrected chi connectivity index (χ4v) is 2.92. The van der Waals surface area contributed by atoms with Gasteiger partial charge in [0.15, 0.2) is 6.10 Å². The van der Waals surface area contributed by atoms with E-state index < -0.39 is 18.1 Å². The molecule has 0 aliphatic heterocycles. The molecule has 0 spiro atoms. The monoisotopic (exact) mass is 291 g/mol. The van der Waals surface area contributed by atoms with Crippen LogP contribution in [0, 0.1) is 5.92 Å². The van der Waals surface area contributed by atoms with Gasteiger partial charge in [-0.15, -0.1) is 0 Å². The van der Waals surface area contributed by atoms with E-state index in [9.17, 15) is 9.90 Å². The molecular formula is C17H25NO3. The second-order valence-electron chi connectivity index (χ2n) is 5.87. The summed E-state index contributed by atoms with van der Waals surface area (Å²) in [7, 11) is 0. The maximum atomic E-state index is 11.9. The van der Waals surface area contributed by atoms with Crippen LogP contribution in [0.25, 0.3) is 0 Å². The molecule has 1 saturated carbocycles. The molecule has 1 aliphatic rings. The topological polar surface area (TPSA) is 72.5 Å². The molecule has 2 rings (SSSR count). The average Bonchev–Trinajstić information content (AvgIpc) is 2.81. The summed E-state index contributed by atoms with van der Waals surface area (Å²) in [4.78, 5) is 11.9. The highest BCUT2D eigenvalue weighted by atomic mass is 16.5. The zero-order valence-corrected chi connectivity index (χ0v) is 12.4. The predicted molar refractivity (Wildman–Crippen MR) is 81.4 cm³/mol. The van der Waals surface area contributed by atoms with Crippen molar-refractivity contribution in [2.24, 2.45) is 11.7 Å². The van der Waals surface area contributed by atoms with Crippen molar-refractivity contribution in [3.05, 3.63) is 35.9 Å². The number of carbonyl (C=O) groups is 1. The number of ether oxygens (including phenoxy) is 1. The van der Waals surface area contributed by atoms with Gasteiger partial charge in [-0.25, -0.2) is 4.79 Å². The van der Waals surface area contributed by atoms with Crippen LogP contribution in [0.15, 0.2) is 30.3 Å². The van der Waals surface area contributed by atoms with Gasteiger partial charge in [-0.1, -0.05) is 56.0 Å². The number of esters is 1. The van der Waals surface area contributed by atoms with Crippen LogP contribution in [-0.4, -0.2) is 23.2 Å². The minimum absolute atomic E-state index is 0.175. The Morgan fingerprint density at radius 2 is 1.81 bits per heavy atom. The number of rotatable bonds is 5. The molecule has 0 aromatic heterocycles. The minimum atomic E-state index is -1.23. The van der Waals surface area contributed by atoms with Crippen LogP contribution in [0.4, 0.5) is 0 Å². The summed E-state index contributed by atoms with van der Waals surface area (Å²) < 4.78 is 5.16. The quantitative estimate of drug-likeness (QED) is 0.645. The molecular weight excluding hydrogens is 266 g/mol. The van der Waals surface area contributed by atoms with Gasteiger partial charge in [0, 0.05) is 6.04 Å². The van der Waals surface area contributed by atoms with Crippen molar-refractivity contribution in [1.82, 2.24) is 0 Å². The maximum Gasteiger partial charge on any atom is 0.336 e. The molecule has 1 aromatic carbocycles. The largest absolute Gasteiger partial charge is 0.459 e. The molecule has 0 unspecified atom stereocenters. The fourth-order valence-electron chi connectivity index (χ4n) is 2.92. The number of hydrogen-bond acceptors (Lipinski definition) is 4. The van der Waals surface area contributed by atoms with Crippen molar-refractivity contribution in [3.8, 4) is 0 Å². The van der Waals surface area contributed by atoms with E-state index in [4.69, 9.17) is 10.5 Å². The summed E-state index contributed by atoms with van der Waals surface area (Å²) in [5.74, 6) is -0.401. The Kier molecular flexibility index (Phi) is 6.21. The van der Waals surface area contributed by atoms with E-state index in [0.717, 1.165) is 31.2 Å². The third-order valence-corrected chi connectivity index (χ3v) is 4.27. The van der Waals surface area contributed by atoms with Crippen LogP contribution < -0.4 is 5.73 Å². The molecule has 3 N–H and O–H groups in total. The van der Waals surface area contributed by atoms with Crippen LogP contribution in [0.1, 0.15) is 44.1 Å². The lowest BCUT2D eigenvalue weighted by molar-refractivity contribution is -0.156. The molecule has 0 bridgehead atoms. The summed E-state index contributed by atoms with van der Waals surface area (Å²) in [5, 5.41) is 10.1. The van der Waals surface area contributed by atoms with E-state index in [1.165, 1.54) is 12.8 Å². The van der Waals surface area contributed by atoms with E-state index in [2.05, 4.69) is 0 Å². The fraction of sp³-hybridized carbons (Fsp3) is 0.588. The summed E-state index contributed by atoms with van der Waals surface area (Å²) in [6.07, 6.45) is 5.45. The van der Waals surface area contributed by atoms with Crippen LogP contribution in [0.5, 0.6) is 0 Å². The molecule has 0 radical (unpaired) electrons. The average molecular weight is 291 g/mol. The first kappa shape index (κ1) is 16.0. The number of aliphatic hydroxyl groups is 1. The van der Waals surface area contributed by atoms with E-state index in [1.54, 1.807) is 0 Å². The van der Waals surface area contributed by atoms with Crippen LogP contribution in [0.2, 0.25) is 0 Å². The van der Waals surface area contributed by atoms with Gasteiger partial charge in [-0.05, 0) is 24.3 Å². The molecule has 0 heterocycles. The van der Waals surface area contributed by atoms with Gasteiger partial charge in [0.2, 0.25) is 0 Å². The molecule has 21 heavy (non-hydrogen) atoms. The van der Waals surface area contributed by atoms with Gasteiger partial charge in [0.25, 0.3) is 0 Å². The van der Waals surface area contributed by atoms with E-state index in [1.807, 2.05) is 30.3 Å². The number of nitrogens with two attached hydrogens (primary N) is 1. The molecule has 1 aromatic rings. The lowest BCUT2D eigenvalue weighted by Gasteiger charge is -2.25. The van der Waals surface area contributed by atoms with E-state index in [0.29, 0.717) is 0 Å². The Morgan fingerprint density at radius 3 is 2.43 bits per heavy atom. The van der Waals surface area contributed by atoms with Crippen LogP contribution >= 0.6 is 0 Å². The van der Waals surface area contributed by atoms with Gasteiger partial charge in [-0.3, -0.25) is 0 Å². The lowest BCUT2D eigenvalue weighted by atomic mass is 9.89.